The van der Waals surface area contributed by atoms with Crippen LogP contribution < -0.4 is 10.1 Å². The molecule has 1 atom stereocenters. The van der Waals surface area contributed by atoms with Crippen LogP contribution in [0.3, 0.4) is 0 Å². The second-order valence-electron chi connectivity index (χ2n) is 7.74. The van der Waals surface area contributed by atoms with Gasteiger partial charge in [0.2, 0.25) is 0 Å². The van der Waals surface area contributed by atoms with Crippen molar-refractivity contribution in [2.45, 2.75) is 50.6 Å². The highest BCUT2D eigenvalue weighted by Crippen LogP contribution is 2.39. The van der Waals surface area contributed by atoms with E-state index in [9.17, 15) is 4.79 Å². The molecule has 1 aliphatic heterocycles. The van der Waals surface area contributed by atoms with Gasteiger partial charge in [-0.2, -0.15) is 0 Å². The lowest BCUT2D eigenvalue weighted by Crippen LogP contribution is -2.46. The summed E-state index contributed by atoms with van der Waals surface area (Å²) in [5.74, 6) is 0.790. The average molecular weight is 395 g/mol. The molecular formula is C23H26N2O2S. The fourth-order valence-electron chi connectivity index (χ4n) is 4.42. The fourth-order valence-corrected chi connectivity index (χ4v) is 4.81. The SMILES string of the molecule is COc1ccc(C2(c3ccc(C)cc3)NC(=S)N(C3CCCCC3)C2=O)cc1. The molecule has 4 rings (SSSR count). The molecule has 1 amide bonds. The van der Waals surface area contributed by atoms with E-state index in [4.69, 9.17) is 17.0 Å². The predicted molar refractivity (Wildman–Crippen MR) is 114 cm³/mol. The standard InChI is InChI=1S/C23H26N2O2S/c1-16-8-10-17(11-9-16)23(18-12-14-20(27-2)15-13-18)21(26)25(22(28)24-23)19-6-4-3-5-7-19/h8-15,19H,3-7H2,1-2H3,(H,24,28). The summed E-state index contributed by atoms with van der Waals surface area (Å²) in [6.45, 7) is 2.05. The number of hydrogen-bond donors (Lipinski definition) is 1. The van der Waals surface area contributed by atoms with Crippen LogP contribution in [0.15, 0.2) is 48.5 Å². The van der Waals surface area contributed by atoms with Crippen LogP contribution in [0.25, 0.3) is 0 Å². The van der Waals surface area contributed by atoms with Crippen molar-refractivity contribution in [3.8, 4) is 5.75 Å². The van der Waals surface area contributed by atoms with Gasteiger partial charge in [0.1, 0.15) is 5.75 Å². The average Bonchev–Trinajstić information content (AvgIpc) is 3.00. The van der Waals surface area contributed by atoms with Crippen LogP contribution in [0, 0.1) is 6.92 Å². The summed E-state index contributed by atoms with van der Waals surface area (Å²) in [6, 6.07) is 16.0. The van der Waals surface area contributed by atoms with Gasteiger partial charge < -0.3 is 10.1 Å². The molecule has 0 aromatic heterocycles. The predicted octanol–water partition coefficient (Wildman–Crippen LogP) is 4.30. The molecular weight excluding hydrogens is 368 g/mol. The Morgan fingerprint density at radius 2 is 1.57 bits per heavy atom. The van der Waals surface area contributed by atoms with E-state index in [0.717, 1.165) is 48.1 Å². The highest BCUT2D eigenvalue weighted by atomic mass is 32.1. The van der Waals surface area contributed by atoms with Gasteiger partial charge in [-0.05, 0) is 55.2 Å². The van der Waals surface area contributed by atoms with Gasteiger partial charge in [-0.3, -0.25) is 9.69 Å². The Hall–Kier alpha value is -2.40. The van der Waals surface area contributed by atoms with E-state index >= 15 is 0 Å². The highest BCUT2D eigenvalue weighted by Gasteiger charge is 2.53. The molecule has 1 heterocycles. The number of benzene rings is 2. The number of carbonyl (C=O) groups is 1. The van der Waals surface area contributed by atoms with Gasteiger partial charge in [0.25, 0.3) is 5.91 Å². The molecule has 2 aromatic carbocycles. The minimum absolute atomic E-state index is 0.0263. The number of nitrogens with zero attached hydrogens (tertiary/aromatic N) is 1. The number of hydrogen-bond acceptors (Lipinski definition) is 3. The van der Waals surface area contributed by atoms with Crippen molar-refractivity contribution in [2.24, 2.45) is 0 Å². The van der Waals surface area contributed by atoms with Crippen LogP contribution in [0.4, 0.5) is 0 Å². The fraction of sp³-hybridized carbons (Fsp3) is 0.391. The van der Waals surface area contributed by atoms with Crippen molar-refractivity contribution in [3.63, 3.8) is 0 Å². The molecule has 28 heavy (non-hydrogen) atoms. The van der Waals surface area contributed by atoms with E-state index in [1.54, 1.807) is 7.11 Å². The van der Waals surface area contributed by atoms with Gasteiger partial charge in [0.15, 0.2) is 10.7 Å². The van der Waals surface area contributed by atoms with Gasteiger partial charge >= 0.3 is 0 Å². The molecule has 2 fully saturated rings. The lowest BCUT2D eigenvalue weighted by molar-refractivity contribution is -0.131. The van der Waals surface area contributed by atoms with E-state index in [2.05, 4.69) is 5.32 Å². The first-order valence-corrected chi connectivity index (χ1v) is 10.3. The van der Waals surface area contributed by atoms with Crippen LogP contribution in [-0.2, 0) is 10.3 Å². The van der Waals surface area contributed by atoms with E-state index in [1.807, 2.05) is 60.4 Å². The van der Waals surface area contributed by atoms with Gasteiger partial charge in [-0.25, -0.2) is 0 Å². The zero-order chi connectivity index (χ0) is 19.7. The van der Waals surface area contributed by atoms with E-state index in [0.29, 0.717) is 5.11 Å². The minimum Gasteiger partial charge on any atom is -0.497 e. The number of methoxy groups -OCH3 is 1. The Morgan fingerprint density at radius 1 is 1.00 bits per heavy atom. The molecule has 2 aromatic rings. The highest BCUT2D eigenvalue weighted by molar-refractivity contribution is 7.80. The van der Waals surface area contributed by atoms with Crippen molar-refractivity contribution in [1.29, 1.82) is 0 Å². The molecule has 0 radical (unpaired) electrons. The first-order valence-electron chi connectivity index (χ1n) is 9.94. The van der Waals surface area contributed by atoms with Gasteiger partial charge in [-0.15, -0.1) is 0 Å². The van der Waals surface area contributed by atoms with Crippen molar-refractivity contribution in [2.75, 3.05) is 7.11 Å². The largest absolute Gasteiger partial charge is 0.497 e. The van der Waals surface area contributed by atoms with E-state index < -0.39 is 5.54 Å². The molecule has 5 heteroatoms. The maximum Gasteiger partial charge on any atom is 0.264 e. The molecule has 4 nitrogen and oxygen atoms in total. The van der Waals surface area contributed by atoms with Crippen LogP contribution in [0.2, 0.25) is 0 Å². The zero-order valence-electron chi connectivity index (χ0n) is 16.4. The molecule has 146 valence electrons. The van der Waals surface area contributed by atoms with Crippen molar-refractivity contribution >= 4 is 23.2 Å². The Morgan fingerprint density at radius 3 is 2.14 bits per heavy atom. The van der Waals surface area contributed by atoms with Gasteiger partial charge in [-0.1, -0.05) is 61.2 Å². The number of thiocarbonyl (C=S) groups is 1. The third-order valence-corrected chi connectivity index (χ3v) is 6.30. The smallest absolute Gasteiger partial charge is 0.264 e. The second kappa shape index (κ2) is 7.55. The number of nitrogens with one attached hydrogen (secondary N) is 1. The Kier molecular flexibility index (Phi) is 5.11. The van der Waals surface area contributed by atoms with Crippen molar-refractivity contribution in [3.05, 3.63) is 65.2 Å². The number of amides is 1. The van der Waals surface area contributed by atoms with Crippen molar-refractivity contribution in [1.82, 2.24) is 10.2 Å². The summed E-state index contributed by atoms with van der Waals surface area (Å²) < 4.78 is 5.31. The second-order valence-corrected chi connectivity index (χ2v) is 8.13. The van der Waals surface area contributed by atoms with Crippen molar-refractivity contribution < 1.29 is 9.53 Å². The minimum atomic E-state index is -0.992. The lowest BCUT2D eigenvalue weighted by atomic mass is 9.81. The summed E-state index contributed by atoms with van der Waals surface area (Å²) in [6.07, 6.45) is 5.56. The topological polar surface area (TPSA) is 41.6 Å². The molecule has 1 saturated heterocycles. The third kappa shape index (κ3) is 3.08. The number of ether oxygens (including phenoxy) is 1. The maximum absolute atomic E-state index is 13.9. The number of rotatable bonds is 4. The van der Waals surface area contributed by atoms with Gasteiger partial charge in [0, 0.05) is 6.04 Å². The quantitative estimate of drug-likeness (QED) is 0.785. The van der Waals surface area contributed by atoms with Crippen LogP contribution >= 0.6 is 12.2 Å². The molecule has 1 unspecified atom stereocenters. The Balaban J connectivity index is 1.82. The molecule has 0 bridgehead atoms. The summed E-state index contributed by atoms with van der Waals surface area (Å²) in [5, 5.41) is 3.96. The molecule has 2 aliphatic rings. The number of aryl methyl sites for hydroxylation is 1. The van der Waals surface area contributed by atoms with Gasteiger partial charge in [0.05, 0.1) is 7.11 Å². The maximum atomic E-state index is 13.9. The first-order chi connectivity index (χ1) is 13.6. The summed E-state index contributed by atoms with van der Waals surface area (Å²) >= 11 is 5.69. The number of carbonyl (C=O) groups excluding carboxylic acids is 1. The van der Waals surface area contributed by atoms with Crippen LogP contribution in [0.1, 0.15) is 48.8 Å². The van der Waals surface area contributed by atoms with E-state index in [1.165, 1.54) is 6.42 Å². The molecule has 1 aliphatic carbocycles. The van der Waals surface area contributed by atoms with E-state index in [-0.39, 0.29) is 11.9 Å². The van der Waals surface area contributed by atoms with Crippen LogP contribution in [0.5, 0.6) is 5.75 Å². The Labute approximate surface area is 171 Å². The summed E-state index contributed by atoms with van der Waals surface area (Å²) in [5.41, 5.74) is 1.96. The zero-order valence-corrected chi connectivity index (χ0v) is 17.2. The Bertz CT molecular complexity index is 872. The van der Waals surface area contributed by atoms with Crippen LogP contribution in [-0.4, -0.2) is 29.1 Å². The lowest BCUT2D eigenvalue weighted by Gasteiger charge is -2.32. The third-order valence-electron chi connectivity index (χ3n) is 6.00. The summed E-state index contributed by atoms with van der Waals surface area (Å²) in [4.78, 5) is 15.8. The molecule has 1 N–H and O–H groups in total. The monoisotopic (exact) mass is 394 g/mol. The molecule has 1 saturated carbocycles. The normalized spacial score (nSPS) is 23.0. The summed E-state index contributed by atoms with van der Waals surface area (Å²) in [7, 11) is 1.64. The first kappa shape index (κ1) is 18.9. The molecule has 0 spiro atoms.